The van der Waals surface area contributed by atoms with Crippen LogP contribution < -0.4 is 0 Å². The minimum absolute atomic E-state index is 0.0122. The Balaban J connectivity index is 0.00000151. The van der Waals surface area contributed by atoms with Crippen molar-refractivity contribution in [2.75, 3.05) is 32.8 Å². The summed E-state index contributed by atoms with van der Waals surface area (Å²) in [5.41, 5.74) is -0.343. The first-order valence-electron chi connectivity index (χ1n) is 23.4. The third-order valence-electron chi connectivity index (χ3n) is 12.0. The second-order valence-corrected chi connectivity index (χ2v) is 17.5. The van der Waals surface area contributed by atoms with Crippen LogP contribution in [0.1, 0.15) is 234 Å². The second kappa shape index (κ2) is 34.1. The summed E-state index contributed by atoms with van der Waals surface area (Å²) in [6, 6.07) is 0. The van der Waals surface area contributed by atoms with Gasteiger partial charge in [0.2, 0.25) is 0 Å². The molecule has 0 bridgehead atoms. The minimum atomic E-state index is -0.343. The number of aliphatic hydroxyl groups is 1. The lowest BCUT2D eigenvalue weighted by Crippen LogP contribution is -2.28. The number of carbonyl (C=O) groups excluding carboxylic acids is 2. The molecule has 0 aromatic heterocycles. The maximum absolute atomic E-state index is 12.3. The van der Waals surface area contributed by atoms with E-state index in [1.54, 1.807) is 25.7 Å². The number of aliphatic hydroxyl groups excluding tert-OH is 1. The summed E-state index contributed by atoms with van der Waals surface area (Å²) >= 11 is 0. The first-order chi connectivity index (χ1) is 25.7. The van der Waals surface area contributed by atoms with Crippen LogP contribution in [0.25, 0.3) is 0 Å². The Morgan fingerprint density at radius 3 is 1.57 bits per heavy atom. The first kappa shape index (κ1) is 49.9. The number of hydrogen-bond acceptors (Lipinski definition) is 6. The van der Waals surface area contributed by atoms with Gasteiger partial charge in [0, 0.05) is 19.4 Å². The Hall–Kier alpha value is -1.14. The van der Waals surface area contributed by atoms with Crippen molar-refractivity contribution in [3.8, 4) is 0 Å². The summed E-state index contributed by atoms with van der Waals surface area (Å²) in [4.78, 5) is 26.9. The fourth-order valence-corrected chi connectivity index (χ4v) is 8.49. The molecule has 1 N–H and O–H groups in total. The van der Waals surface area contributed by atoms with Crippen molar-refractivity contribution in [1.82, 2.24) is 4.90 Å². The molecule has 314 valence electrons. The molecule has 2 aliphatic carbocycles. The Labute approximate surface area is 330 Å². The van der Waals surface area contributed by atoms with Gasteiger partial charge in [-0.1, -0.05) is 143 Å². The summed E-state index contributed by atoms with van der Waals surface area (Å²) < 4.78 is 11.2. The second-order valence-electron chi connectivity index (χ2n) is 17.5. The van der Waals surface area contributed by atoms with Gasteiger partial charge in [-0.2, -0.15) is 0 Å². The van der Waals surface area contributed by atoms with E-state index in [4.69, 9.17) is 9.47 Å². The van der Waals surface area contributed by atoms with Crippen molar-refractivity contribution >= 4 is 11.9 Å². The summed E-state index contributed by atoms with van der Waals surface area (Å²) in [6.07, 6.45) is 36.7. The number of carbonyl (C=O) groups is 2. The predicted octanol–water partition coefficient (Wildman–Crippen LogP) is 13.2. The fourth-order valence-electron chi connectivity index (χ4n) is 8.49. The van der Waals surface area contributed by atoms with E-state index in [1.165, 1.54) is 108 Å². The molecule has 6 nitrogen and oxygen atoms in total. The lowest BCUT2D eigenvalue weighted by molar-refractivity contribution is -0.157. The number of rotatable bonds is 34. The molecule has 0 amide bonds. The summed E-state index contributed by atoms with van der Waals surface area (Å²) in [5, 5.41) is 9.21. The van der Waals surface area contributed by atoms with Gasteiger partial charge in [-0.15, -0.1) is 0 Å². The van der Waals surface area contributed by atoms with Gasteiger partial charge >= 0.3 is 11.9 Å². The number of esters is 2. The van der Waals surface area contributed by atoms with Gasteiger partial charge in [0.15, 0.2) is 0 Å². The van der Waals surface area contributed by atoms with Crippen molar-refractivity contribution in [3.05, 3.63) is 0 Å². The zero-order valence-electron chi connectivity index (χ0n) is 36.2. The van der Waals surface area contributed by atoms with Crippen molar-refractivity contribution in [2.45, 2.75) is 239 Å². The molecule has 0 saturated heterocycles. The van der Waals surface area contributed by atoms with Crippen LogP contribution in [0.15, 0.2) is 0 Å². The van der Waals surface area contributed by atoms with E-state index in [2.05, 4.69) is 25.7 Å². The topological polar surface area (TPSA) is 76.1 Å². The lowest BCUT2D eigenvalue weighted by Gasteiger charge is -2.40. The third kappa shape index (κ3) is 28.9. The first-order valence-corrected chi connectivity index (χ1v) is 23.4. The average molecular weight is 750 g/mol. The molecule has 0 aliphatic heterocycles. The zero-order valence-corrected chi connectivity index (χ0v) is 36.2. The summed E-state index contributed by atoms with van der Waals surface area (Å²) in [7, 11) is 0. The zero-order chi connectivity index (χ0) is 38.8. The molecule has 2 unspecified atom stereocenters. The molecule has 0 heterocycles. The Morgan fingerprint density at radius 2 is 1.09 bits per heavy atom. The van der Waals surface area contributed by atoms with E-state index < -0.39 is 0 Å². The minimum Gasteiger partial charge on any atom is -0.466 e. The highest BCUT2D eigenvalue weighted by Crippen LogP contribution is 2.44. The molecule has 0 aromatic carbocycles. The van der Waals surface area contributed by atoms with Crippen LogP contribution in [0.5, 0.6) is 0 Å². The molecule has 2 saturated carbocycles. The van der Waals surface area contributed by atoms with E-state index in [-0.39, 0.29) is 24.1 Å². The van der Waals surface area contributed by atoms with Gasteiger partial charge in [0.05, 0.1) is 6.61 Å². The van der Waals surface area contributed by atoms with Crippen LogP contribution in [0.4, 0.5) is 0 Å². The molecular weight excluding hydrogens is 659 g/mol. The van der Waals surface area contributed by atoms with Gasteiger partial charge in [0.25, 0.3) is 0 Å². The van der Waals surface area contributed by atoms with Crippen molar-refractivity contribution in [3.63, 3.8) is 0 Å². The van der Waals surface area contributed by atoms with Crippen LogP contribution in [0.3, 0.4) is 0 Å². The molecule has 2 aliphatic rings. The molecule has 2 atom stereocenters. The smallest absolute Gasteiger partial charge is 0.306 e. The fraction of sp³-hybridized carbons (Fsp3) is 0.957. The molecule has 53 heavy (non-hydrogen) atoms. The summed E-state index contributed by atoms with van der Waals surface area (Å²) in [6.45, 7) is 14.8. The molecule has 2 rings (SSSR count). The van der Waals surface area contributed by atoms with Crippen molar-refractivity contribution in [1.29, 1.82) is 0 Å². The Morgan fingerprint density at radius 1 is 0.604 bits per heavy atom. The van der Waals surface area contributed by atoms with Crippen molar-refractivity contribution < 1.29 is 24.2 Å². The van der Waals surface area contributed by atoms with Gasteiger partial charge < -0.3 is 19.5 Å². The molecule has 0 radical (unpaired) electrons. The monoisotopic (exact) mass is 750 g/mol. The van der Waals surface area contributed by atoms with E-state index in [9.17, 15) is 14.7 Å². The number of fused-ring (bicyclic) bond motifs is 1. The number of nitrogens with zero attached hydrogens (tertiary/aromatic N) is 1. The van der Waals surface area contributed by atoms with Gasteiger partial charge in [-0.25, -0.2) is 0 Å². The van der Waals surface area contributed by atoms with Gasteiger partial charge in [-0.3, -0.25) is 9.59 Å². The largest absolute Gasteiger partial charge is 0.466 e. The number of hydrogen-bond donors (Lipinski definition) is 1. The van der Waals surface area contributed by atoms with E-state index in [0.29, 0.717) is 25.4 Å². The van der Waals surface area contributed by atoms with E-state index >= 15 is 0 Å². The SMILES string of the molecule is C1CCC2CCC2C1.CCCCCC(CCCCC)CCOC(=O)CCCCCCCN(CCCCO)CCCCCCCC(=O)OC(C)(C)CCC. The van der Waals surface area contributed by atoms with Gasteiger partial charge in [-0.05, 0) is 115 Å². The molecule has 0 spiro atoms. The lowest BCUT2D eigenvalue weighted by atomic mass is 9.66. The number of ether oxygens (including phenoxy) is 2. The quantitative estimate of drug-likeness (QED) is 0.0521. The highest BCUT2D eigenvalue weighted by molar-refractivity contribution is 5.69. The van der Waals surface area contributed by atoms with Gasteiger partial charge in [0.1, 0.15) is 5.60 Å². The van der Waals surface area contributed by atoms with Crippen LogP contribution >= 0.6 is 0 Å². The summed E-state index contributed by atoms with van der Waals surface area (Å²) in [5.74, 6) is 3.01. The standard InChI is InChI=1S/C39H77NO5.C8H14/c1-6-9-17-25-36(26-18-10-7-2)29-35-44-37(42)27-19-13-11-15-21-31-40(33-23-24-34-41)32-22-16-12-14-20-28-38(43)45-39(4,5)30-8-3;1-2-4-8-6-5-7(8)3-1/h36,41H,6-35H2,1-5H3;7-8H,1-6H2. The third-order valence-corrected chi connectivity index (χ3v) is 12.0. The Bertz CT molecular complexity index is 825. The van der Waals surface area contributed by atoms with Crippen LogP contribution in [0.2, 0.25) is 0 Å². The average Bonchev–Trinajstić information content (AvgIpc) is 3.11. The normalized spacial score (nSPS) is 16.9. The Kier molecular flexibility index (Phi) is 32.1. The maximum Gasteiger partial charge on any atom is 0.306 e. The van der Waals surface area contributed by atoms with Crippen LogP contribution in [-0.4, -0.2) is 60.4 Å². The predicted molar refractivity (Wildman–Crippen MR) is 225 cm³/mol. The van der Waals surface area contributed by atoms with Crippen molar-refractivity contribution in [2.24, 2.45) is 17.8 Å². The van der Waals surface area contributed by atoms with E-state index in [1.807, 2.05) is 13.8 Å². The van der Waals surface area contributed by atoms with E-state index in [0.717, 1.165) is 83.8 Å². The molecular formula is C47H91NO5. The highest BCUT2D eigenvalue weighted by atomic mass is 16.6. The molecule has 2 fully saturated rings. The molecule has 6 heteroatoms. The molecule has 0 aromatic rings. The number of unbranched alkanes of at least 4 members (excludes halogenated alkanes) is 13. The van der Waals surface area contributed by atoms with Crippen LogP contribution in [-0.2, 0) is 19.1 Å². The maximum atomic E-state index is 12.3. The highest BCUT2D eigenvalue weighted by Gasteiger charge is 2.32. The van der Waals surface area contributed by atoms with Crippen LogP contribution in [0, 0.1) is 17.8 Å².